The summed E-state index contributed by atoms with van der Waals surface area (Å²) in [7, 11) is 1.60. The average Bonchev–Trinajstić information content (AvgIpc) is 3.43. The highest BCUT2D eigenvalue weighted by Crippen LogP contribution is 2.72. The summed E-state index contributed by atoms with van der Waals surface area (Å²) in [4.78, 5) is 43.2. The van der Waals surface area contributed by atoms with Crippen molar-refractivity contribution in [3.05, 3.63) is 65.2 Å². The van der Waals surface area contributed by atoms with Gasteiger partial charge in [0.15, 0.2) is 0 Å². The minimum atomic E-state index is -0.826. The molecule has 8 heteroatoms. The molecule has 1 spiro atoms. The highest BCUT2D eigenvalue weighted by atomic mass is 32.2. The molecule has 0 radical (unpaired) electrons. The van der Waals surface area contributed by atoms with Crippen LogP contribution in [0.2, 0.25) is 0 Å². The predicted octanol–water partition coefficient (Wildman–Crippen LogP) is 3.20. The van der Waals surface area contributed by atoms with Crippen LogP contribution in [-0.2, 0) is 14.4 Å². The normalized spacial score (nSPS) is 31.3. The van der Waals surface area contributed by atoms with Gasteiger partial charge in [-0.15, -0.1) is 11.8 Å². The molecule has 0 aromatic heterocycles. The first-order chi connectivity index (χ1) is 17.2. The summed E-state index contributed by atoms with van der Waals surface area (Å²) in [5, 5.41) is 16.4. The molecule has 3 heterocycles. The zero-order valence-electron chi connectivity index (χ0n) is 21.1. The number of likely N-dealkylation sites (tertiary alicyclic amines) is 1. The monoisotopic (exact) mass is 507 g/mol. The third kappa shape index (κ3) is 3.49. The van der Waals surface area contributed by atoms with Crippen molar-refractivity contribution < 1.29 is 19.5 Å². The predicted molar refractivity (Wildman–Crippen MR) is 140 cm³/mol. The van der Waals surface area contributed by atoms with Crippen LogP contribution >= 0.6 is 11.8 Å². The van der Waals surface area contributed by atoms with Crippen molar-refractivity contribution in [2.24, 2.45) is 11.8 Å². The van der Waals surface area contributed by atoms with Gasteiger partial charge in [0.25, 0.3) is 0 Å². The van der Waals surface area contributed by atoms with E-state index >= 15 is 0 Å². The van der Waals surface area contributed by atoms with E-state index in [-0.39, 0.29) is 24.3 Å². The number of para-hydroxylation sites is 1. The van der Waals surface area contributed by atoms with Crippen LogP contribution < -0.4 is 10.6 Å². The number of hydrogen-bond donors (Lipinski definition) is 3. The Balaban J connectivity index is 1.64. The summed E-state index contributed by atoms with van der Waals surface area (Å²) in [6, 6.07) is 13.6. The second kappa shape index (κ2) is 8.92. The summed E-state index contributed by atoms with van der Waals surface area (Å²) in [6.45, 7) is 5.61. The number of rotatable bonds is 6. The first-order valence-electron chi connectivity index (χ1n) is 12.5. The first-order valence-corrected chi connectivity index (χ1v) is 13.3. The van der Waals surface area contributed by atoms with E-state index in [4.69, 9.17) is 0 Å². The summed E-state index contributed by atoms with van der Waals surface area (Å²) in [5.74, 6) is -1.84. The molecule has 5 rings (SSSR count). The Hall–Kier alpha value is -2.84. The molecule has 2 bridgehead atoms. The summed E-state index contributed by atoms with van der Waals surface area (Å²) >= 11 is 1.62. The molecule has 2 aromatic carbocycles. The molecule has 2 aromatic rings. The molecular formula is C28H33N3O4S. The van der Waals surface area contributed by atoms with Gasteiger partial charge in [0.2, 0.25) is 17.7 Å². The van der Waals surface area contributed by atoms with E-state index in [1.54, 1.807) is 23.7 Å². The second-order valence-corrected chi connectivity index (χ2v) is 12.3. The lowest BCUT2D eigenvalue weighted by atomic mass is 9.66. The van der Waals surface area contributed by atoms with E-state index in [1.165, 1.54) is 0 Å². The van der Waals surface area contributed by atoms with Gasteiger partial charge in [-0.1, -0.05) is 48.5 Å². The number of carbonyl (C=O) groups is 3. The molecule has 3 saturated heterocycles. The van der Waals surface area contributed by atoms with E-state index in [1.807, 2.05) is 69.3 Å². The van der Waals surface area contributed by atoms with Crippen LogP contribution in [0.3, 0.4) is 0 Å². The van der Waals surface area contributed by atoms with Crippen molar-refractivity contribution in [1.29, 1.82) is 0 Å². The smallest absolute Gasteiger partial charge is 0.248 e. The van der Waals surface area contributed by atoms with Crippen LogP contribution in [-0.4, -0.2) is 56.9 Å². The molecule has 0 aliphatic carbocycles. The fourth-order valence-electron chi connectivity index (χ4n) is 6.79. The lowest BCUT2D eigenvalue weighted by molar-refractivity contribution is -0.142. The van der Waals surface area contributed by atoms with Gasteiger partial charge in [-0.3, -0.25) is 14.4 Å². The quantitative estimate of drug-likeness (QED) is 0.558. The molecule has 3 aliphatic heterocycles. The lowest BCUT2D eigenvalue weighted by Crippen LogP contribution is -2.53. The van der Waals surface area contributed by atoms with Crippen molar-refractivity contribution in [3.63, 3.8) is 0 Å². The van der Waals surface area contributed by atoms with Crippen molar-refractivity contribution in [1.82, 2.24) is 10.2 Å². The van der Waals surface area contributed by atoms with Crippen LogP contribution in [0.1, 0.15) is 42.5 Å². The van der Waals surface area contributed by atoms with Crippen molar-refractivity contribution >= 4 is 35.2 Å². The number of benzene rings is 2. The van der Waals surface area contributed by atoms with Crippen LogP contribution in [0, 0.1) is 25.7 Å². The number of anilines is 1. The minimum absolute atomic E-state index is 0.166. The molecule has 0 saturated carbocycles. The molecule has 3 fully saturated rings. The summed E-state index contributed by atoms with van der Waals surface area (Å²) in [6.07, 6.45) is 1.40. The zero-order valence-corrected chi connectivity index (χ0v) is 21.9. The lowest BCUT2D eigenvalue weighted by Gasteiger charge is -2.37. The SMILES string of the molecule is CNC(=O)[C@@H]1[C@H]2C(=O)N([C@H](CO)c3ccccc3)C(C(=O)Nc3c(C)cccc3C)C23CC[C@@]1(C)S3. The number of aryl methyl sites for hydroxylation is 2. The Labute approximate surface area is 216 Å². The molecule has 2 unspecified atom stereocenters. The van der Waals surface area contributed by atoms with Gasteiger partial charge in [0.1, 0.15) is 6.04 Å². The fraction of sp³-hybridized carbons (Fsp3) is 0.464. The first kappa shape index (κ1) is 24.8. The zero-order chi connectivity index (χ0) is 25.8. The van der Waals surface area contributed by atoms with Gasteiger partial charge in [-0.25, -0.2) is 0 Å². The topological polar surface area (TPSA) is 98.7 Å². The Morgan fingerprint density at radius 3 is 2.36 bits per heavy atom. The fourth-order valence-corrected chi connectivity index (χ4v) is 9.13. The maximum absolute atomic E-state index is 14.3. The van der Waals surface area contributed by atoms with E-state index in [9.17, 15) is 19.5 Å². The number of amides is 3. The van der Waals surface area contributed by atoms with Gasteiger partial charge in [0.05, 0.1) is 29.2 Å². The van der Waals surface area contributed by atoms with Gasteiger partial charge < -0.3 is 20.6 Å². The minimum Gasteiger partial charge on any atom is -0.394 e. The number of carbonyl (C=O) groups excluding carboxylic acids is 3. The number of nitrogens with zero attached hydrogens (tertiary/aromatic N) is 1. The summed E-state index contributed by atoms with van der Waals surface area (Å²) in [5.41, 5.74) is 3.38. The highest BCUT2D eigenvalue weighted by Gasteiger charge is 2.77. The van der Waals surface area contributed by atoms with Crippen LogP contribution in [0.25, 0.3) is 0 Å². The standard InChI is InChI=1S/C28H33N3O4S/c1-16-9-8-10-17(2)22(16)30-25(34)23-28-14-13-27(3,36-28)20(24(33)29-4)21(28)26(35)31(23)19(15-32)18-11-6-5-7-12-18/h5-12,19-21,23,32H,13-15H2,1-4H3,(H,29,33)(H,30,34)/t19-,20+,21+,23?,27-,28?/m1/s1. The van der Waals surface area contributed by atoms with E-state index in [0.717, 1.165) is 28.8 Å². The second-order valence-electron chi connectivity index (χ2n) is 10.5. The van der Waals surface area contributed by atoms with E-state index in [2.05, 4.69) is 10.6 Å². The van der Waals surface area contributed by atoms with Crippen LogP contribution in [0.4, 0.5) is 5.69 Å². The number of fused-ring (bicyclic) bond motifs is 1. The Morgan fingerprint density at radius 2 is 1.75 bits per heavy atom. The van der Waals surface area contributed by atoms with Gasteiger partial charge in [-0.05, 0) is 50.3 Å². The maximum Gasteiger partial charge on any atom is 0.248 e. The Bertz CT molecular complexity index is 1200. The number of aliphatic hydroxyl groups is 1. The average molecular weight is 508 g/mol. The highest BCUT2D eigenvalue weighted by molar-refractivity contribution is 8.02. The largest absolute Gasteiger partial charge is 0.394 e. The number of nitrogens with one attached hydrogen (secondary N) is 2. The third-order valence-corrected chi connectivity index (χ3v) is 10.4. The number of hydrogen-bond acceptors (Lipinski definition) is 5. The van der Waals surface area contributed by atoms with Crippen molar-refractivity contribution in [2.75, 3.05) is 19.0 Å². The number of aliphatic hydroxyl groups excluding tert-OH is 1. The number of thioether (sulfide) groups is 1. The molecule has 3 aliphatic rings. The van der Waals surface area contributed by atoms with Gasteiger partial charge in [0, 0.05) is 17.5 Å². The molecule has 7 nitrogen and oxygen atoms in total. The third-order valence-electron chi connectivity index (χ3n) is 8.41. The van der Waals surface area contributed by atoms with Crippen molar-refractivity contribution in [2.45, 2.75) is 55.2 Å². The van der Waals surface area contributed by atoms with E-state index < -0.39 is 33.4 Å². The summed E-state index contributed by atoms with van der Waals surface area (Å²) < 4.78 is -1.17. The molecular weight excluding hydrogens is 474 g/mol. The Kier molecular flexibility index (Phi) is 6.16. The molecule has 3 N–H and O–H groups in total. The van der Waals surface area contributed by atoms with Crippen LogP contribution in [0.5, 0.6) is 0 Å². The van der Waals surface area contributed by atoms with Gasteiger partial charge >= 0.3 is 0 Å². The maximum atomic E-state index is 14.3. The van der Waals surface area contributed by atoms with Gasteiger partial charge in [-0.2, -0.15) is 0 Å². The molecule has 3 amide bonds. The van der Waals surface area contributed by atoms with Crippen LogP contribution in [0.15, 0.2) is 48.5 Å². The Morgan fingerprint density at radius 1 is 1.08 bits per heavy atom. The van der Waals surface area contributed by atoms with E-state index in [0.29, 0.717) is 6.42 Å². The molecule has 36 heavy (non-hydrogen) atoms. The molecule has 6 atom stereocenters. The molecule has 190 valence electrons. The van der Waals surface area contributed by atoms with Crippen molar-refractivity contribution in [3.8, 4) is 0 Å².